The minimum atomic E-state index is -0.313. The highest BCUT2D eigenvalue weighted by Gasteiger charge is 2.20. The number of carbonyl (C=O) groups excluding carboxylic acids is 1. The first-order valence-electron chi connectivity index (χ1n) is 6.39. The first-order chi connectivity index (χ1) is 9.67. The predicted octanol–water partition coefficient (Wildman–Crippen LogP) is 4.07. The van der Waals surface area contributed by atoms with Gasteiger partial charge in [0.2, 0.25) is 0 Å². The number of rotatable bonds is 2. The molecule has 0 aliphatic carbocycles. The molecule has 0 amide bonds. The monoisotopic (exact) mass is 268 g/mol. The van der Waals surface area contributed by atoms with Gasteiger partial charge in [-0.2, -0.15) is 0 Å². The molecule has 0 radical (unpaired) electrons. The lowest BCUT2D eigenvalue weighted by Gasteiger charge is -2.21. The second kappa shape index (κ2) is 4.93. The van der Waals surface area contributed by atoms with E-state index < -0.39 is 0 Å². The topological polar surface area (TPSA) is 26.3 Å². The van der Waals surface area contributed by atoms with E-state index in [9.17, 15) is 9.18 Å². The molecule has 3 heteroatoms. The summed E-state index contributed by atoms with van der Waals surface area (Å²) in [7, 11) is 0. The number of hydrogen-bond donors (Lipinski definition) is 0. The summed E-state index contributed by atoms with van der Waals surface area (Å²) in [4.78, 5) is 11.2. The Bertz CT molecular complexity index is 704. The molecule has 0 bridgehead atoms. The van der Waals surface area contributed by atoms with Crippen LogP contribution >= 0.6 is 0 Å². The van der Waals surface area contributed by atoms with E-state index in [1.165, 1.54) is 12.1 Å². The minimum absolute atomic E-state index is 0.279. The quantitative estimate of drug-likeness (QED) is 0.767. The molecule has 1 aliphatic heterocycles. The molecule has 3 rings (SSSR count). The Morgan fingerprint density at radius 2 is 1.95 bits per heavy atom. The molecule has 0 N–H and O–H groups in total. The Hall–Kier alpha value is -2.42. The van der Waals surface area contributed by atoms with Crippen LogP contribution in [0.2, 0.25) is 0 Å². The molecule has 1 aliphatic rings. The molecule has 0 saturated heterocycles. The zero-order valence-corrected chi connectivity index (χ0v) is 11.0. The summed E-state index contributed by atoms with van der Waals surface area (Å²) in [5, 5.41) is 0. The van der Waals surface area contributed by atoms with E-state index >= 15 is 0 Å². The molecule has 1 heterocycles. The minimum Gasteiger partial charge on any atom is -0.462 e. The second-order valence-corrected chi connectivity index (χ2v) is 4.80. The van der Waals surface area contributed by atoms with Gasteiger partial charge in [0.15, 0.2) is 0 Å². The maximum absolute atomic E-state index is 13.3. The average molecular weight is 268 g/mol. The van der Waals surface area contributed by atoms with Crippen molar-refractivity contribution >= 4 is 6.29 Å². The summed E-state index contributed by atoms with van der Waals surface area (Å²) in [6, 6.07) is 12.0. The van der Waals surface area contributed by atoms with Crippen molar-refractivity contribution < 1.29 is 13.9 Å². The second-order valence-electron chi connectivity index (χ2n) is 4.80. The van der Waals surface area contributed by atoms with Crippen molar-refractivity contribution in [2.45, 2.75) is 12.8 Å². The first-order valence-corrected chi connectivity index (χ1v) is 6.39. The standard InChI is InChI=1S/C17H13FO2/c1-11-7-14(10-19)16-9-13(5-6-17(16)20-11)12-3-2-4-15(18)8-12/h2-10,14H,1H3. The largest absolute Gasteiger partial charge is 0.462 e. The third-order valence-electron chi connectivity index (χ3n) is 3.36. The van der Waals surface area contributed by atoms with E-state index in [2.05, 4.69) is 0 Å². The van der Waals surface area contributed by atoms with Crippen molar-refractivity contribution in [3.05, 3.63) is 65.7 Å². The van der Waals surface area contributed by atoms with Crippen LogP contribution < -0.4 is 4.74 Å². The summed E-state index contributed by atoms with van der Waals surface area (Å²) in [5.74, 6) is 0.807. The molecular weight excluding hydrogens is 255 g/mol. The third-order valence-corrected chi connectivity index (χ3v) is 3.36. The van der Waals surface area contributed by atoms with E-state index in [0.29, 0.717) is 11.5 Å². The molecule has 0 saturated carbocycles. The maximum atomic E-state index is 13.3. The van der Waals surface area contributed by atoms with E-state index in [-0.39, 0.29) is 11.7 Å². The van der Waals surface area contributed by atoms with Crippen molar-refractivity contribution in [3.63, 3.8) is 0 Å². The van der Waals surface area contributed by atoms with Gasteiger partial charge in [-0.3, -0.25) is 0 Å². The summed E-state index contributed by atoms with van der Waals surface area (Å²) < 4.78 is 18.9. The van der Waals surface area contributed by atoms with Gasteiger partial charge in [-0.1, -0.05) is 18.2 Å². The Balaban J connectivity index is 2.09. The van der Waals surface area contributed by atoms with Gasteiger partial charge < -0.3 is 9.53 Å². The molecule has 100 valence electrons. The highest BCUT2D eigenvalue weighted by molar-refractivity contribution is 5.73. The third kappa shape index (κ3) is 2.23. The van der Waals surface area contributed by atoms with Crippen LogP contribution in [0.3, 0.4) is 0 Å². The number of benzene rings is 2. The van der Waals surface area contributed by atoms with E-state index in [4.69, 9.17) is 4.74 Å². The van der Waals surface area contributed by atoms with Crippen molar-refractivity contribution in [1.82, 2.24) is 0 Å². The fourth-order valence-electron chi connectivity index (χ4n) is 2.41. The van der Waals surface area contributed by atoms with Gasteiger partial charge in [-0.05, 0) is 48.4 Å². The van der Waals surface area contributed by atoms with Crippen molar-refractivity contribution in [3.8, 4) is 16.9 Å². The molecule has 0 fully saturated rings. The molecule has 0 aromatic heterocycles. The van der Waals surface area contributed by atoms with Gasteiger partial charge in [-0.25, -0.2) is 4.39 Å². The van der Waals surface area contributed by atoms with Crippen molar-refractivity contribution in [2.75, 3.05) is 0 Å². The fraction of sp³-hybridized carbons (Fsp3) is 0.118. The van der Waals surface area contributed by atoms with Crippen LogP contribution in [-0.4, -0.2) is 6.29 Å². The smallest absolute Gasteiger partial charge is 0.131 e. The average Bonchev–Trinajstić information content (AvgIpc) is 2.46. The van der Waals surface area contributed by atoms with Crippen LogP contribution in [0.25, 0.3) is 11.1 Å². The van der Waals surface area contributed by atoms with Crippen LogP contribution in [-0.2, 0) is 4.79 Å². The lowest BCUT2D eigenvalue weighted by molar-refractivity contribution is -0.108. The zero-order valence-electron chi connectivity index (χ0n) is 11.0. The van der Waals surface area contributed by atoms with E-state index in [1.807, 2.05) is 31.2 Å². The van der Waals surface area contributed by atoms with Gasteiger partial charge in [0.1, 0.15) is 17.9 Å². The molecular formula is C17H13FO2. The van der Waals surface area contributed by atoms with Crippen LogP contribution in [0.4, 0.5) is 4.39 Å². The van der Waals surface area contributed by atoms with Crippen molar-refractivity contribution in [2.24, 2.45) is 0 Å². The normalized spacial score (nSPS) is 16.9. The number of carbonyl (C=O) groups is 1. The molecule has 2 aromatic rings. The van der Waals surface area contributed by atoms with Gasteiger partial charge >= 0.3 is 0 Å². The molecule has 2 aromatic carbocycles. The Labute approximate surface area is 116 Å². The Morgan fingerprint density at radius 1 is 1.15 bits per heavy atom. The SMILES string of the molecule is CC1=CC(C=O)c2cc(-c3cccc(F)c3)ccc2O1. The number of ether oxygens (including phenoxy) is 1. The maximum Gasteiger partial charge on any atom is 0.131 e. The Morgan fingerprint density at radius 3 is 2.70 bits per heavy atom. The number of hydrogen-bond acceptors (Lipinski definition) is 2. The van der Waals surface area contributed by atoms with Crippen LogP contribution in [0.1, 0.15) is 18.4 Å². The molecule has 0 spiro atoms. The molecule has 2 nitrogen and oxygen atoms in total. The van der Waals surface area contributed by atoms with Gasteiger partial charge in [0, 0.05) is 5.56 Å². The summed E-state index contributed by atoms with van der Waals surface area (Å²) >= 11 is 0. The zero-order chi connectivity index (χ0) is 14.1. The molecule has 1 unspecified atom stereocenters. The van der Waals surface area contributed by atoms with Crippen molar-refractivity contribution in [1.29, 1.82) is 0 Å². The number of halogens is 1. The number of aldehydes is 1. The lowest BCUT2D eigenvalue weighted by Crippen LogP contribution is -2.09. The van der Waals surface area contributed by atoms with Crippen LogP contribution in [0, 0.1) is 5.82 Å². The fourth-order valence-corrected chi connectivity index (χ4v) is 2.41. The van der Waals surface area contributed by atoms with Crippen LogP contribution in [0.5, 0.6) is 5.75 Å². The Kier molecular flexibility index (Phi) is 3.11. The highest BCUT2D eigenvalue weighted by atomic mass is 19.1. The lowest BCUT2D eigenvalue weighted by atomic mass is 9.93. The van der Waals surface area contributed by atoms with Gasteiger partial charge in [0.05, 0.1) is 11.7 Å². The number of fused-ring (bicyclic) bond motifs is 1. The van der Waals surface area contributed by atoms with E-state index in [1.54, 1.807) is 12.1 Å². The molecule has 20 heavy (non-hydrogen) atoms. The first kappa shape index (κ1) is 12.6. The predicted molar refractivity (Wildman–Crippen MR) is 75.0 cm³/mol. The van der Waals surface area contributed by atoms with Crippen LogP contribution in [0.15, 0.2) is 54.3 Å². The highest BCUT2D eigenvalue weighted by Crippen LogP contribution is 2.36. The van der Waals surface area contributed by atoms with Gasteiger partial charge in [0.25, 0.3) is 0 Å². The summed E-state index contributed by atoms with van der Waals surface area (Å²) in [5.41, 5.74) is 2.46. The summed E-state index contributed by atoms with van der Waals surface area (Å²) in [6.07, 6.45) is 2.67. The van der Waals surface area contributed by atoms with E-state index in [0.717, 1.165) is 23.0 Å². The van der Waals surface area contributed by atoms with Gasteiger partial charge in [-0.15, -0.1) is 0 Å². The summed E-state index contributed by atoms with van der Waals surface area (Å²) in [6.45, 7) is 1.82. The number of allylic oxidation sites excluding steroid dienone is 2. The molecule has 1 atom stereocenters.